The zero-order valence-corrected chi connectivity index (χ0v) is 19.7. The Hall–Kier alpha value is -4.80. The number of aromatic nitrogens is 2. The van der Waals surface area contributed by atoms with Crippen LogP contribution in [0.3, 0.4) is 0 Å². The van der Waals surface area contributed by atoms with E-state index < -0.39 is 11.7 Å². The topological polar surface area (TPSA) is 144 Å². The third-order valence-corrected chi connectivity index (χ3v) is 5.91. The lowest BCUT2D eigenvalue weighted by atomic mass is 10.1. The number of alkyl halides is 1. The molecule has 2 heterocycles. The Bertz CT molecular complexity index is 1640. The van der Waals surface area contributed by atoms with Crippen LogP contribution < -0.4 is 21.5 Å². The molecule has 0 aliphatic carbocycles. The largest absolute Gasteiger partial charge is 0.458 e. The summed E-state index contributed by atoms with van der Waals surface area (Å²) in [7, 11) is 0. The van der Waals surface area contributed by atoms with Crippen LogP contribution in [0, 0.1) is 11.3 Å². The molecule has 1 aliphatic rings. The second-order valence-corrected chi connectivity index (χ2v) is 8.81. The van der Waals surface area contributed by atoms with Crippen molar-refractivity contribution in [2.45, 2.75) is 25.7 Å². The molecule has 6 N–H and O–H groups in total. The number of hydrogen-bond donors (Lipinski definition) is 5. The summed E-state index contributed by atoms with van der Waals surface area (Å²) in [6.45, 7) is 1.63. The summed E-state index contributed by atoms with van der Waals surface area (Å²) >= 11 is 0. The number of H-pyrrole nitrogens is 2. The second-order valence-electron chi connectivity index (χ2n) is 8.81. The van der Waals surface area contributed by atoms with Crippen LogP contribution in [0.25, 0.3) is 11.0 Å². The molecule has 0 saturated heterocycles. The van der Waals surface area contributed by atoms with Crippen LogP contribution in [0.2, 0.25) is 0 Å². The molecule has 0 bridgehead atoms. The third-order valence-electron chi connectivity index (χ3n) is 5.91. The van der Waals surface area contributed by atoms with Crippen molar-refractivity contribution in [1.82, 2.24) is 9.97 Å². The van der Waals surface area contributed by atoms with E-state index in [2.05, 4.69) is 25.4 Å². The molecular formula is C26H23F2N7O2. The molecule has 3 aromatic carbocycles. The highest BCUT2D eigenvalue weighted by molar-refractivity contribution is 6.09. The zero-order chi connectivity index (χ0) is 26.2. The summed E-state index contributed by atoms with van der Waals surface area (Å²) in [4.78, 5) is 21.5. The van der Waals surface area contributed by atoms with Gasteiger partial charge in [-0.1, -0.05) is 6.07 Å². The molecule has 1 aliphatic heterocycles. The second kappa shape index (κ2) is 9.34. The fourth-order valence-electron chi connectivity index (χ4n) is 4.30. The summed E-state index contributed by atoms with van der Waals surface area (Å²) in [5.41, 5.74) is 16.9. The molecule has 1 atom stereocenters. The lowest BCUT2D eigenvalue weighted by Gasteiger charge is -2.13. The van der Waals surface area contributed by atoms with Crippen molar-refractivity contribution in [1.29, 1.82) is 5.53 Å². The van der Waals surface area contributed by atoms with Crippen molar-refractivity contribution in [3.05, 3.63) is 93.8 Å². The fraction of sp³-hybridized carbons (Fsp3) is 0.154. The number of halogens is 2. The highest BCUT2D eigenvalue weighted by Crippen LogP contribution is 2.37. The molecule has 0 fully saturated rings. The average Bonchev–Trinajstić information content (AvgIpc) is 3.37. The van der Waals surface area contributed by atoms with Crippen molar-refractivity contribution in [3.63, 3.8) is 0 Å². The van der Waals surface area contributed by atoms with Gasteiger partial charge >= 0.3 is 5.69 Å². The molecule has 0 saturated carbocycles. The third kappa shape index (κ3) is 4.96. The Morgan fingerprint density at radius 3 is 2.81 bits per heavy atom. The maximum Gasteiger partial charge on any atom is 0.323 e. The molecule has 0 radical (unpaired) electrons. The van der Waals surface area contributed by atoms with Crippen LogP contribution in [0.4, 0.5) is 25.8 Å². The Morgan fingerprint density at radius 2 is 2.03 bits per heavy atom. The van der Waals surface area contributed by atoms with Gasteiger partial charge in [0.2, 0.25) is 5.85 Å². The normalized spacial score (nSPS) is 17.2. The number of fused-ring (bicyclic) bond motifs is 2. The molecule has 188 valence electrons. The first kappa shape index (κ1) is 23.9. The monoisotopic (exact) mass is 503 g/mol. The van der Waals surface area contributed by atoms with Gasteiger partial charge in [-0.2, -0.15) is 9.50 Å². The smallest absolute Gasteiger partial charge is 0.323 e. The molecule has 5 rings (SSSR count). The number of rotatable bonds is 7. The Kier molecular flexibility index (Phi) is 6.04. The number of anilines is 2. The predicted octanol–water partition coefficient (Wildman–Crippen LogP) is 5.48. The Morgan fingerprint density at radius 1 is 1.22 bits per heavy atom. The van der Waals surface area contributed by atoms with E-state index in [0.29, 0.717) is 33.7 Å². The van der Waals surface area contributed by atoms with Gasteiger partial charge in [0, 0.05) is 30.2 Å². The molecule has 11 heteroatoms. The van der Waals surface area contributed by atoms with Gasteiger partial charge in [0.05, 0.1) is 29.0 Å². The highest BCUT2D eigenvalue weighted by atomic mass is 19.2. The van der Waals surface area contributed by atoms with Crippen LogP contribution in [0.1, 0.15) is 23.6 Å². The van der Waals surface area contributed by atoms with E-state index in [1.165, 1.54) is 19.2 Å². The first-order chi connectivity index (χ1) is 17.7. The first-order valence-electron chi connectivity index (χ1n) is 11.4. The number of nitrogens with one attached hydrogen (secondary N) is 4. The standard InChI is InChI=1S/C26H23F2N7O2/c1-26(28)12-16-8-14(2-5-23(16)37-26)13-31-19(6-7-29)15-9-18(27)24(35-30)22(10-15)32-17-3-4-20-21(11-17)34-25(36)33-20/h2-11,30,32H,12-13,29H2,1H3,(H2,33,34,36). The van der Waals surface area contributed by atoms with Gasteiger partial charge in [0.25, 0.3) is 0 Å². The minimum Gasteiger partial charge on any atom is -0.458 e. The number of nitrogens with zero attached hydrogens (tertiary/aromatic N) is 2. The number of aliphatic imine (C=N–C) groups is 1. The number of benzene rings is 3. The Labute approximate surface area is 209 Å². The molecule has 9 nitrogen and oxygen atoms in total. The van der Waals surface area contributed by atoms with Crippen molar-refractivity contribution in [2.75, 3.05) is 5.32 Å². The zero-order valence-electron chi connectivity index (χ0n) is 19.7. The summed E-state index contributed by atoms with van der Waals surface area (Å²) in [5, 5.41) is 6.40. The molecule has 37 heavy (non-hydrogen) atoms. The van der Waals surface area contributed by atoms with Crippen molar-refractivity contribution >= 4 is 33.8 Å². The average molecular weight is 504 g/mol. The van der Waals surface area contributed by atoms with E-state index in [-0.39, 0.29) is 30.0 Å². The summed E-state index contributed by atoms with van der Waals surface area (Å²) in [6.07, 6.45) is 2.99. The summed E-state index contributed by atoms with van der Waals surface area (Å²) < 4.78 is 34.5. The SMILES string of the molecule is CC1(F)Cc2cc(CN=C(C=CN)c3cc(F)c(N=N)c(Nc4ccc5[nH]c(=O)[nH]c5c4)c3)ccc2O1. The summed E-state index contributed by atoms with van der Waals surface area (Å²) in [5.74, 6) is -1.94. The minimum absolute atomic E-state index is 0.149. The maximum atomic E-state index is 15.0. The maximum absolute atomic E-state index is 15.0. The lowest BCUT2D eigenvalue weighted by Crippen LogP contribution is -2.22. The fourth-order valence-corrected chi connectivity index (χ4v) is 4.30. The van der Waals surface area contributed by atoms with E-state index in [4.69, 9.17) is 16.0 Å². The van der Waals surface area contributed by atoms with E-state index in [1.54, 1.807) is 42.5 Å². The number of allylic oxidation sites excluding steroid dienone is 1. The van der Waals surface area contributed by atoms with Crippen molar-refractivity contribution < 1.29 is 13.5 Å². The van der Waals surface area contributed by atoms with Crippen LogP contribution in [-0.2, 0) is 13.0 Å². The highest BCUT2D eigenvalue weighted by Gasteiger charge is 2.34. The quantitative estimate of drug-likeness (QED) is 0.168. The molecular weight excluding hydrogens is 480 g/mol. The predicted molar refractivity (Wildman–Crippen MR) is 137 cm³/mol. The van der Waals surface area contributed by atoms with Gasteiger partial charge < -0.3 is 25.8 Å². The van der Waals surface area contributed by atoms with Crippen molar-refractivity contribution in [2.24, 2.45) is 15.8 Å². The van der Waals surface area contributed by atoms with Crippen LogP contribution >= 0.6 is 0 Å². The van der Waals surface area contributed by atoms with Gasteiger partial charge in [-0.25, -0.2) is 14.7 Å². The first-order valence-corrected chi connectivity index (χ1v) is 11.4. The molecule has 0 amide bonds. The number of hydrogen-bond acceptors (Lipinski definition) is 7. The van der Waals surface area contributed by atoms with E-state index >= 15 is 0 Å². The summed E-state index contributed by atoms with van der Waals surface area (Å²) in [6, 6.07) is 13.3. The van der Waals surface area contributed by atoms with Gasteiger partial charge in [-0.05, 0) is 60.3 Å². The van der Waals surface area contributed by atoms with Crippen LogP contribution in [0.15, 0.2) is 75.7 Å². The van der Waals surface area contributed by atoms with Gasteiger partial charge in [0.15, 0.2) is 5.82 Å². The number of aromatic amines is 2. The minimum atomic E-state index is -1.73. The van der Waals surface area contributed by atoms with Crippen molar-refractivity contribution in [3.8, 4) is 5.75 Å². The van der Waals surface area contributed by atoms with Gasteiger partial charge in [-0.15, -0.1) is 0 Å². The number of ether oxygens (including phenoxy) is 1. The van der Waals surface area contributed by atoms with E-state index in [1.807, 2.05) is 6.07 Å². The number of nitrogens with two attached hydrogens (primary N) is 1. The van der Waals surface area contributed by atoms with Gasteiger partial charge in [0.1, 0.15) is 11.4 Å². The van der Waals surface area contributed by atoms with Crippen LogP contribution in [-0.4, -0.2) is 21.5 Å². The van der Waals surface area contributed by atoms with E-state index in [9.17, 15) is 13.6 Å². The lowest BCUT2D eigenvalue weighted by molar-refractivity contribution is -0.0234. The molecule has 1 aromatic heterocycles. The van der Waals surface area contributed by atoms with E-state index in [0.717, 1.165) is 11.1 Å². The molecule has 0 spiro atoms. The van der Waals surface area contributed by atoms with Crippen LogP contribution in [0.5, 0.6) is 5.75 Å². The molecule has 1 unspecified atom stereocenters. The van der Waals surface area contributed by atoms with Gasteiger partial charge in [-0.3, -0.25) is 4.99 Å². The molecule has 4 aromatic rings. The number of imidazole rings is 1. The Balaban J connectivity index is 1.47.